The molecule has 5 heteroatoms. The molecule has 0 fully saturated rings. The van der Waals surface area contributed by atoms with Gasteiger partial charge in [0.2, 0.25) is 10.0 Å². The Kier molecular flexibility index (Phi) is 2.44. The van der Waals surface area contributed by atoms with E-state index in [4.69, 9.17) is 0 Å². The van der Waals surface area contributed by atoms with Gasteiger partial charge in [0, 0.05) is 1.43 Å². The molecule has 0 amide bonds. The van der Waals surface area contributed by atoms with Crippen LogP contribution in [0.2, 0.25) is 0 Å². The van der Waals surface area contributed by atoms with Crippen LogP contribution in [0.1, 0.15) is 1.43 Å². The summed E-state index contributed by atoms with van der Waals surface area (Å²) in [5.41, 5.74) is 0. The van der Waals surface area contributed by atoms with Crippen molar-refractivity contribution in [1.29, 1.82) is 0 Å². The molecule has 0 aliphatic heterocycles. The smallest absolute Gasteiger partial charge is 0.214 e. The molecule has 68 valence electrons. The Hall–Kier alpha value is -0.940. The third-order valence-electron chi connectivity index (χ3n) is 1.39. The highest BCUT2D eigenvalue weighted by atomic mass is 32.2. The zero-order valence-corrected chi connectivity index (χ0v) is 7.23. The van der Waals surface area contributed by atoms with Gasteiger partial charge in [-0.3, -0.25) is 0 Å². The molecule has 0 aliphatic rings. The van der Waals surface area contributed by atoms with Gasteiger partial charge in [0.25, 0.3) is 0 Å². The molecule has 1 N–H and O–H groups in total. The summed E-state index contributed by atoms with van der Waals surface area (Å²) in [6.45, 7) is 0. The molecule has 0 aromatic heterocycles. The lowest BCUT2D eigenvalue weighted by molar-refractivity contribution is 0.587. The molecular formula is C7H10FNO2S. The molecule has 12 heavy (non-hydrogen) atoms. The lowest BCUT2D eigenvalue weighted by Gasteiger charge is -2.00. The highest BCUT2D eigenvalue weighted by Gasteiger charge is 2.09. The van der Waals surface area contributed by atoms with Gasteiger partial charge in [-0.1, -0.05) is 0 Å². The average molecular weight is 191 g/mol. The Morgan fingerprint density at radius 3 is 2.25 bits per heavy atom. The van der Waals surface area contributed by atoms with Crippen LogP contribution in [0.3, 0.4) is 0 Å². The second-order valence-electron chi connectivity index (χ2n) is 2.16. The quantitative estimate of drug-likeness (QED) is 0.757. The largest absolute Gasteiger partial charge is 0.240 e. The number of nitrogens with one attached hydrogen (secondary N) is 1. The minimum absolute atomic E-state index is 0. The SMILES string of the molecule is CNS(=O)(=O)c1ccc(F)cc1.[HH]. The first-order chi connectivity index (χ1) is 5.56. The first kappa shape index (κ1) is 9.15. The van der Waals surface area contributed by atoms with E-state index in [-0.39, 0.29) is 6.32 Å². The monoisotopic (exact) mass is 191 g/mol. The van der Waals surface area contributed by atoms with E-state index >= 15 is 0 Å². The van der Waals surface area contributed by atoms with E-state index in [2.05, 4.69) is 4.72 Å². The third-order valence-corrected chi connectivity index (χ3v) is 2.82. The fourth-order valence-electron chi connectivity index (χ4n) is 0.732. The summed E-state index contributed by atoms with van der Waals surface area (Å²) in [6, 6.07) is 4.62. The minimum atomic E-state index is -3.43. The van der Waals surface area contributed by atoms with Gasteiger partial charge < -0.3 is 0 Å². The molecular weight excluding hydrogens is 181 g/mol. The normalized spacial score (nSPS) is 11.5. The molecule has 0 saturated carbocycles. The van der Waals surface area contributed by atoms with Crippen LogP contribution in [-0.2, 0) is 10.0 Å². The van der Waals surface area contributed by atoms with E-state index < -0.39 is 15.8 Å². The molecule has 0 bridgehead atoms. The van der Waals surface area contributed by atoms with Crippen molar-refractivity contribution in [3.63, 3.8) is 0 Å². The van der Waals surface area contributed by atoms with Crippen LogP contribution in [-0.4, -0.2) is 15.5 Å². The fourth-order valence-corrected chi connectivity index (χ4v) is 1.46. The van der Waals surface area contributed by atoms with Crippen LogP contribution < -0.4 is 4.72 Å². The maximum atomic E-state index is 12.4. The summed E-state index contributed by atoms with van der Waals surface area (Å²) in [7, 11) is -2.13. The van der Waals surface area contributed by atoms with Gasteiger partial charge in [-0.2, -0.15) is 0 Å². The van der Waals surface area contributed by atoms with Crippen LogP contribution in [0.5, 0.6) is 0 Å². The van der Waals surface area contributed by atoms with Gasteiger partial charge in [-0.25, -0.2) is 17.5 Å². The Morgan fingerprint density at radius 1 is 1.33 bits per heavy atom. The Labute approximate surface area is 71.8 Å². The van der Waals surface area contributed by atoms with E-state index in [9.17, 15) is 12.8 Å². The van der Waals surface area contributed by atoms with Crippen molar-refractivity contribution in [3.8, 4) is 0 Å². The van der Waals surface area contributed by atoms with Gasteiger partial charge in [-0.05, 0) is 31.3 Å². The highest BCUT2D eigenvalue weighted by Crippen LogP contribution is 2.08. The van der Waals surface area contributed by atoms with Crippen LogP contribution in [0.25, 0.3) is 0 Å². The van der Waals surface area contributed by atoms with Gasteiger partial charge in [0.1, 0.15) is 5.82 Å². The van der Waals surface area contributed by atoms with Gasteiger partial charge in [-0.15, -0.1) is 0 Å². The standard InChI is InChI=1S/C7H8FNO2S.H2/c1-9-12(10,11)7-4-2-6(8)3-5-7;/h2-5,9H,1H3;1H. The second-order valence-corrected chi connectivity index (χ2v) is 4.05. The molecule has 3 nitrogen and oxygen atoms in total. The zero-order chi connectivity index (χ0) is 9.19. The summed E-state index contributed by atoms with van der Waals surface area (Å²) < 4.78 is 36.6. The van der Waals surface area contributed by atoms with E-state index in [0.717, 1.165) is 12.1 Å². The maximum absolute atomic E-state index is 12.4. The van der Waals surface area contributed by atoms with Crippen molar-refractivity contribution in [1.82, 2.24) is 4.72 Å². The molecule has 0 saturated heterocycles. The molecule has 1 rings (SSSR count). The summed E-state index contributed by atoms with van der Waals surface area (Å²) in [5.74, 6) is -0.454. The molecule has 0 atom stereocenters. The first-order valence-corrected chi connectivity index (χ1v) is 4.74. The summed E-state index contributed by atoms with van der Waals surface area (Å²) in [6.07, 6.45) is 0. The fraction of sp³-hybridized carbons (Fsp3) is 0.143. The van der Waals surface area contributed by atoms with Gasteiger partial charge >= 0.3 is 0 Å². The molecule has 0 spiro atoms. The van der Waals surface area contributed by atoms with Crippen LogP contribution in [0.15, 0.2) is 29.2 Å². The third kappa shape index (κ3) is 1.80. The Balaban J connectivity index is 0.00000144. The highest BCUT2D eigenvalue weighted by molar-refractivity contribution is 7.89. The van der Waals surface area contributed by atoms with Crippen molar-refractivity contribution < 1.29 is 14.2 Å². The number of benzene rings is 1. The second kappa shape index (κ2) is 3.20. The Morgan fingerprint density at radius 2 is 1.83 bits per heavy atom. The lowest BCUT2D eigenvalue weighted by Crippen LogP contribution is -2.18. The predicted molar refractivity (Wildman–Crippen MR) is 44.8 cm³/mol. The molecule has 0 aliphatic carbocycles. The van der Waals surface area contributed by atoms with Crippen molar-refractivity contribution in [2.45, 2.75) is 4.90 Å². The molecule has 0 heterocycles. The van der Waals surface area contributed by atoms with E-state index in [1.807, 2.05) is 0 Å². The van der Waals surface area contributed by atoms with Crippen molar-refractivity contribution in [2.24, 2.45) is 0 Å². The Bertz CT molecular complexity index is 363. The van der Waals surface area contributed by atoms with E-state index in [0.29, 0.717) is 0 Å². The number of hydrogen-bond acceptors (Lipinski definition) is 2. The average Bonchev–Trinajstić information content (AvgIpc) is 2.05. The predicted octanol–water partition coefficient (Wildman–Crippen LogP) is 0.980. The summed E-state index contributed by atoms with van der Waals surface area (Å²) in [4.78, 5) is 0.0615. The van der Waals surface area contributed by atoms with Crippen LogP contribution in [0.4, 0.5) is 4.39 Å². The number of rotatable bonds is 2. The lowest BCUT2D eigenvalue weighted by atomic mass is 10.4. The van der Waals surface area contributed by atoms with Crippen LogP contribution >= 0.6 is 0 Å². The number of halogens is 1. The minimum Gasteiger partial charge on any atom is -0.214 e. The number of sulfonamides is 1. The molecule has 1 aromatic carbocycles. The topological polar surface area (TPSA) is 46.2 Å². The van der Waals surface area contributed by atoms with E-state index in [1.165, 1.54) is 19.2 Å². The molecule has 0 unspecified atom stereocenters. The number of hydrogen-bond donors (Lipinski definition) is 1. The van der Waals surface area contributed by atoms with Gasteiger partial charge in [0.05, 0.1) is 4.90 Å². The van der Waals surface area contributed by atoms with Crippen molar-refractivity contribution in [2.75, 3.05) is 7.05 Å². The van der Waals surface area contributed by atoms with Crippen LogP contribution in [0, 0.1) is 5.82 Å². The first-order valence-electron chi connectivity index (χ1n) is 3.25. The summed E-state index contributed by atoms with van der Waals surface area (Å²) in [5, 5.41) is 0. The van der Waals surface area contributed by atoms with Gasteiger partial charge in [0.15, 0.2) is 0 Å². The van der Waals surface area contributed by atoms with E-state index in [1.54, 1.807) is 0 Å². The van der Waals surface area contributed by atoms with Crippen molar-refractivity contribution in [3.05, 3.63) is 30.1 Å². The molecule has 1 aromatic rings. The zero-order valence-electron chi connectivity index (χ0n) is 6.41. The maximum Gasteiger partial charge on any atom is 0.240 e. The van der Waals surface area contributed by atoms with Crippen molar-refractivity contribution >= 4 is 10.0 Å². The molecule has 0 radical (unpaired) electrons. The summed E-state index contributed by atoms with van der Waals surface area (Å²) >= 11 is 0.